The number of carboxylic acid groups (broad SMARTS) is 2. The Kier molecular flexibility index (Phi) is 21.4. The molecule has 0 aromatic carbocycles. The van der Waals surface area contributed by atoms with E-state index in [1.165, 1.54) is 0 Å². The third kappa shape index (κ3) is 16.8. The van der Waals surface area contributed by atoms with E-state index < -0.39 is 17.7 Å². The van der Waals surface area contributed by atoms with Crippen LogP contribution in [0.4, 0.5) is 0 Å². The summed E-state index contributed by atoms with van der Waals surface area (Å²) in [7, 11) is 0. The van der Waals surface area contributed by atoms with Gasteiger partial charge in [-0.15, -0.1) is 0 Å². The Labute approximate surface area is 249 Å². The Hall–Kier alpha value is -1.26. The van der Waals surface area contributed by atoms with Gasteiger partial charge in [-0.25, -0.2) is 4.79 Å². The van der Waals surface area contributed by atoms with Gasteiger partial charge in [0.25, 0.3) is 5.79 Å². The predicted molar refractivity (Wildman–Crippen MR) is 161 cm³/mol. The summed E-state index contributed by atoms with van der Waals surface area (Å²) < 4.78 is 23.7. The van der Waals surface area contributed by atoms with Crippen molar-refractivity contribution in [3.8, 4) is 0 Å². The zero-order chi connectivity index (χ0) is 30.3. The van der Waals surface area contributed by atoms with Gasteiger partial charge in [0.15, 0.2) is 0 Å². The number of carboxylic acids is 2. The summed E-state index contributed by atoms with van der Waals surface area (Å²) in [5, 5.41) is 22.7. The number of hydrogen-bond acceptors (Lipinski definition) is 7. The minimum Gasteiger partial charge on any atom is -0.481 e. The molecule has 1 saturated heterocycles. The van der Waals surface area contributed by atoms with Crippen LogP contribution >= 0.6 is 0 Å². The minimum absolute atomic E-state index is 0.0940. The molecule has 9 heteroatoms. The van der Waals surface area contributed by atoms with Gasteiger partial charge in [-0.1, -0.05) is 72.6 Å². The standard InChI is InChI=1S/C32H61NO8/c1-5-27(6-2)40-32(31(36)37,41-28(7-3)8-4)21-17-13-12-15-19-26(33-24-29-25-38-22-23-39-29)18-14-10-9-11-16-20-30(34)35/h26-29,33H,5-25H2,1-4H3,(H,34,35)(H,36,37). The number of aliphatic carboxylic acids is 2. The molecule has 9 nitrogen and oxygen atoms in total. The summed E-state index contributed by atoms with van der Waals surface area (Å²) in [5.41, 5.74) is 0. The maximum absolute atomic E-state index is 12.5. The van der Waals surface area contributed by atoms with E-state index in [4.69, 9.17) is 24.1 Å². The summed E-state index contributed by atoms with van der Waals surface area (Å²) in [5.74, 6) is -3.31. The molecule has 0 aliphatic carbocycles. The molecule has 1 aliphatic heterocycles. The average molecular weight is 588 g/mol. The Morgan fingerprint density at radius 2 is 1.34 bits per heavy atom. The van der Waals surface area contributed by atoms with Crippen LogP contribution in [0, 0.1) is 0 Å². The first-order valence-electron chi connectivity index (χ1n) is 16.5. The van der Waals surface area contributed by atoms with Crippen LogP contribution in [0.2, 0.25) is 0 Å². The number of ether oxygens (including phenoxy) is 4. The number of nitrogens with one attached hydrogen (secondary N) is 1. The molecule has 0 saturated carbocycles. The number of carbonyl (C=O) groups is 2. The highest BCUT2D eigenvalue weighted by Gasteiger charge is 2.44. The lowest BCUT2D eigenvalue weighted by Gasteiger charge is -2.36. The van der Waals surface area contributed by atoms with Crippen molar-refractivity contribution in [2.24, 2.45) is 0 Å². The second kappa shape index (κ2) is 23.2. The van der Waals surface area contributed by atoms with E-state index >= 15 is 0 Å². The second-order valence-corrected chi connectivity index (χ2v) is 11.5. The molecule has 1 heterocycles. The lowest BCUT2D eigenvalue weighted by atomic mass is 9.99. The zero-order valence-electron chi connectivity index (χ0n) is 26.5. The molecule has 3 N–H and O–H groups in total. The van der Waals surface area contributed by atoms with Gasteiger partial charge in [0.2, 0.25) is 0 Å². The maximum Gasteiger partial charge on any atom is 0.364 e. The van der Waals surface area contributed by atoms with Gasteiger partial charge < -0.3 is 34.5 Å². The highest BCUT2D eigenvalue weighted by Crippen LogP contribution is 2.29. The van der Waals surface area contributed by atoms with Gasteiger partial charge in [0.05, 0.1) is 38.1 Å². The van der Waals surface area contributed by atoms with Crippen molar-refractivity contribution in [2.75, 3.05) is 26.4 Å². The van der Waals surface area contributed by atoms with Crippen LogP contribution in [0.3, 0.4) is 0 Å². The number of rotatable bonds is 27. The van der Waals surface area contributed by atoms with Crippen LogP contribution in [-0.2, 0) is 28.5 Å². The average Bonchev–Trinajstić information content (AvgIpc) is 2.97. The molecule has 0 bridgehead atoms. The summed E-state index contributed by atoms with van der Waals surface area (Å²) >= 11 is 0. The van der Waals surface area contributed by atoms with Gasteiger partial charge >= 0.3 is 11.9 Å². The molecule has 0 radical (unpaired) electrons. The molecule has 2 atom stereocenters. The second-order valence-electron chi connectivity index (χ2n) is 11.5. The third-order valence-electron chi connectivity index (χ3n) is 8.13. The zero-order valence-corrected chi connectivity index (χ0v) is 26.5. The van der Waals surface area contributed by atoms with Crippen molar-refractivity contribution in [3.63, 3.8) is 0 Å². The van der Waals surface area contributed by atoms with Crippen LogP contribution in [0.25, 0.3) is 0 Å². The van der Waals surface area contributed by atoms with Crippen molar-refractivity contribution >= 4 is 11.9 Å². The number of unbranched alkanes of at least 4 members (excludes halogenated alkanes) is 7. The fraction of sp³-hybridized carbons (Fsp3) is 0.938. The third-order valence-corrected chi connectivity index (χ3v) is 8.13. The van der Waals surface area contributed by atoms with Crippen molar-refractivity contribution < 1.29 is 38.7 Å². The molecule has 0 amide bonds. The molecule has 1 aliphatic rings. The molecular weight excluding hydrogens is 526 g/mol. The normalized spacial score (nSPS) is 16.9. The topological polar surface area (TPSA) is 124 Å². The summed E-state index contributed by atoms with van der Waals surface area (Å²) in [4.78, 5) is 23.2. The fourth-order valence-corrected chi connectivity index (χ4v) is 5.40. The van der Waals surface area contributed by atoms with Crippen molar-refractivity contribution in [3.05, 3.63) is 0 Å². The lowest BCUT2D eigenvalue weighted by Crippen LogP contribution is -2.49. The molecule has 41 heavy (non-hydrogen) atoms. The predicted octanol–water partition coefficient (Wildman–Crippen LogP) is 6.71. The van der Waals surface area contributed by atoms with Gasteiger partial charge in [-0.3, -0.25) is 4.79 Å². The number of hydrogen-bond donors (Lipinski definition) is 3. The van der Waals surface area contributed by atoms with E-state index in [1.807, 2.05) is 27.7 Å². The Morgan fingerprint density at radius 1 is 0.805 bits per heavy atom. The van der Waals surface area contributed by atoms with Gasteiger partial charge in [0.1, 0.15) is 0 Å². The SMILES string of the molecule is CCC(CC)OC(CCCCCCC(CCCCCCCC(=O)O)NCC1COCCO1)(OC(CC)CC)C(=O)O. The van der Waals surface area contributed by atoms with E-state index in [-0.39, 0.29) is 24.7 Å². The first kappa shape index (κ1) is 37.8. The fourth-order valence-electron chi connectivity index (χ4n) is 5.40. The monoisotopic (exact) mass is 587 g/mol. The molecule has 0 aromatic heterocycles. The van der Waals surface area contributed by atoms with Crippen LogP contribution in [0.5, 0.6) is 0 Å². The molecular formula is C32H61NO8. The molecule has 0 spiro atoms. The molecule has 242 valence electrons. The van der Waals surface area contributed by atoms with E-state index in [0.717, 1.165) is 103 Å². The Morgan fingerprint density at radius 3 is 1.83 bits per heavy atom. The molecule has 2 unspecified atom stereocenters. The van der Waals surface area contributed by atoms with Gasteiger partial charge in [-0.05, 0) is 51.4 Å². The van der Waals surface area contributed by atoms with E-state index in [9.17, 15) is 14.7 Å². The smallest absolute Gasteiger partial charge is 0.364 e. The van der Waals surface area contributed by atoms with Crippen molar-refractivity contribution in [1.29, 1.82) is 0 Å². The van der Waals surface area contributed by atoms with Crippen LogP contribution in [0.1, 0.15) is 137 Å². The molecule has 1 rings (SSSR count). The quantitative estimate of drug-likeness (QED) is 0.0711. The van der Waals surface area contributed by atoms with Gasteiger partial charge in [-0.2, -0.15) is 0 Å². The summed E-state index contributed by atoms with van der Waals surface area (Å²) in [6.07, 6.45) is 14.4. The maximum atomic E-state index is 12.5. The van der Waals surface area contributed by atoms with Crippen LogP contribution in [-0.4, -0.2) is 78.7 Å². The first-order valence-corrected chi connectivity index (χ1v) is 16.5. The van der Waals surface area contributed by atoms with E-state index in [1.54, 1.807) is 0 Å². The van der Waals surface area contributed by atoms with Crippen LogP contribution in [0.15, 0.2) is 0 Å². The largest absolute Gasteiger partial charge is 0.481 e. The highest BCUT2D eigenvalue weighted by molar-refractivity contribution is 5.75. The van der Waals surface area contributed by atoms with Crippen LogP contribution < -0.4 is 5.32 Å². The summed E-state index contributed by atoms with van der Waals surface area (Å²) in [6, 6.07) is 0.397. The summed E-state index contributed by atoms with van der Waals surface area (Å²) in [6.45, 7) is 10.8. The lowest BCUT2D eigenvalue weighted by molar-refractivity contribution is -0.279. The van der Waals surface area contributed by atoms with E-state index in [0.29, 0.717) is 32.3 Å². The van der Waals surface area contributed by atoms with Gasteiger partial charge in [0, 0.05) is 25.4 Å². The highest BCUT2D eigenvalue weighted by atomic mass is 16.7. The molecule has 1 fully saturated rings. The minimum atomic E-state index is -1.58. The Balaban J connectivity index is 2.55. The van der Waals surface area contributed by atoms with Crippen molar-refractivity contribution in [2.45, 2.75) is 167 Å². The first-order chi connectivity index (χ1) is 19.8. The molecule has 0 aromatic rings. The van der Waals surface area contributed by atoms with Crippen molar-refractivity contribution in [1.82, 2.24) is 5.32 Å². The van der Waals surface area contributed by atoms with E-state index in [2.05, 4.69) is 5.32 Å². The Bertz CT molecular complexity index is 648.